The molecule has 0 unspecified atom stereocenters. The summed E-state index contributed by atoms with van der Waals surface area (Å²) in [5, 5.41) is 0. The fourth-order valence-electron chi connectivity index (χ4n) is 1.69. The summed E-state index contributed by atoms with van der Waals surface area (Å²) in [5.74, 6) is 0.641. The molecule has 8 heteroatoms. The Kier molecular flexibility index (Phi) is 3.87. The zero-order chi connectivity index (χ0) is 14.9. The van der Waals surface area contributed by atoms with E-state index in [1.165, 1.54) is 14.2 Å². The van der Waals surface area contributed by atoms with E-state index in [0.717, 1.165) is 4.31 Å². The van der Waals surface area contributed by atoms with E-state index in [2.05, 4.69) is 4.98 Å². The number of anilines is 1. The highest BCUT2D eigenvalue weighted by Crippen LogP contribution is 2.26. The Bertz CT molecular complexity index is 760. The minimum atomic E-state index is -3.74. The highest BCUT2D eigenvalue weighted by atomic mass is 32.2. The van der Waals surface area contributed by atoms with Crippen LogP contribution < -0.4 is 13.9 Å². The molecule has 2 rings (SSSR count). The van der Waals surface area contributed by atoms with Gasteiger partial charge in [-0.05, 0) is 31.2 Å². The lowest BCUT2D eigenvalue weighted by Gasteiger charge is -2.18. The van der Waals surface area contributed by atoms with Crippen molar-refractivity contribution in [2.75, 3.05) is 18.5 Å². The molecule has 0 radical (unpaired) electrons. The van der Waals surface area contributed by atoms with Crippen LogP contribution >= 0.6 is 11.3 Å². The van der Waals surface area contributed by atoms with Gasteiger partial charge in [0.1, 0.15) is 5.75 Å². The molecule has 0 aliphatic rings. The van der Waals surface area contributed by atoms with Crippen LogP contribution in [0.1, 0.15) is 5.69 Å². The highest BCUT2D eigenvalue weighted by molar-refractivity contribution is 7.94. The maximum atomic E-state index is 12.5. The topological polar surface area (TPSA) is 79.5 Å². The number of sulfonamides is 1. The second-order valence-electron chi connectivity index (χ2n) is 4.10. The number of aryl methyl sites for hydroxylation is 1. The van der Waals surface area contributed by atoms with Gasteiger partial charge in [-0.1, -0.05) is 11.3 Å². The summed E-state index contributed by atoms with van der Waals surface area (Å²) in [6, 6.07) is 6.63. The Labute approximate surface area is 120 Å². The number of H-pyrrole nitrogens is 1. The lowest BCUT2D eigenvalue weighted by molar-refractivity contribution is 0.415. The van der Waals surface area contributed by atoms with E-state index < -0.39 is 10.0 Å². The quantitative estimate of drug-likeness (QED) is 0.929. The summed E-state index contributed by atoms with van der Waals surface area (Å²) in [4.78, 5) is 13.4. The third-order valence-corrected chi connectivity index (χ3v) is 6.18. The van der Waals surface area contributed by atoms with Crippen molar-refractivity contribution in [1.82, 2.24) is 4.98 Å². The summed E-state index contributed by atoms with van der Waals surface area (Å²) in [6.45, 7) is 1.56. The predicted molar refractivity (Wildman–Crippen MR) is 78.3 cm³/mol. The number of aromatic amines is 1. The van der Waals surface area contributed by atoms with Gasteiger partial charge in [0.25, 0.3) is 10.0 Å². The van der Waals surface area contributed by atoms with Crippen LogP contribution in [0.4, 0.5) is 5.69 Å². The number of hydrogen-bond acceptors (Lipinski definition) is 5. The number of benzene rings is 1. The summed E-state index contributed by atoms with van der Waals surface area (Å²) >= 11 is 0.687. The first-order valence-corrected chi connectivity index (χ1v) is 7.94. The number of hydrogen-bond donors (Lipinski definition) is 1. The summed E-state index contributed by atoms with van der Waals surface area (Å²) < 4.78 is 31.1. The molecule has 0 saturated carbocycles. The molecule has 2 aromatic rings. The monoisotopic (exact) mass is 314 g/mol. The fraction of sp³-hybridized carbons (Fsp3) is 0.250. The number of nitrogens with one attached hydrogen (secondary N) is 1. The second-order valence-corrected chi connectivity index (χ2v) is 7.25. The van der Waals surface area contributed by atoms with E-state index in [1.807, 2.05) is 0 Å². The van der Waals surface area contributed by atoms with Gasteiger partial charge < -0.3 is 9.72 Å². The van der Waals surface area contributed by atoms with Gasteiger partial charge in [0.15, 0.2) is 4.21 Å². The first-order chi connectivity index (χ1) is 9.36. The van der Waals surface area contributed by atoms with Crippen LogP contribution in [-0.2, 0) is 10.0 Å². The van der Waals surface area contributed by atoms with Crippen molar-refractivity contribution in [2.24, 2.45) is 0 Å². The van der Waals surface area contributed by atoms with E-state index in [-0.39, 0.29) is 9.08 Å². The average Bonchev–Trinajstić information content (AvgIpc) is 2.77. The molecule has 1 aromatic heterocycles. The summed E-state index contributed by atoms with van der Waals surface area (Å²) in [7, 11) is -0.759. The van der Waals surface area contributed by atoms with Crippen molar-refractivity contribution in [3.05, 3.63) is 39.6 Å². The smallest absolute Gasteiger partial charge is 0.306 e. The lowest BCUT2D eigenvalue weighted by Crippen LogP contribution is -2.26. The van der Waals surface area contributed by atoms with Crippen molar-refractivity contribution >= 4 is 27.0 Å². The van der Waals surface area contributed by atoms with Crippen LogP contribution in [-0.4, -0.2) is 27.6 Å². The lowest BCUT2D eigenvalue weighted by atomic mass is 10.3. The Morgan fingerprint density at radius 1 is 1.25 bits per heavy atom. The Hall–Kier alpha value is -1.80. The molecular formula is C12H14N2O4S2. The van der Waals surface area contributed by atoms with Crippen LogP contribution in [0, 0.1) is 6.92 Å². The van der Waals surface area contributed by atoms with Crippen molar-refractivity contribution in [3.63, 3.8) is 0 Å². The number of thiazole rings is 1. The largest absolute Gasteiger partial charge is 0.497 e. The molecule has 0 spiro atoms. The molecule has 20 heavy (non-hydrogen) atoms. The Morgan fingerprint density at radius 3 is 2.30 bits per heavy atom. The Balaban J connectivity index is 2.42. The SMILES string of the molecule is COc1ccc(N(C)S(=O)(=O)c2sc(=O)[nH]c2C)cc1. The molecule has 1 aromatic carbocycles. The maximum absolute atomic E-state index is 12.5. The summed E-state index contributed by atoms with van der Waals surface area (Å²) in [5.41, 5.74) is 0.839. The fourth-order valence-corrected chi connectivity index (χ4v) is 4.34. The molecule has 6 nitrogen and oxygen atoms in total. The van der Waals surface area contributed by atoms with Gasteiger partial charge >= 0.3 is 4.87 Å². The first-order valence-electron chi connectivity index (χ1n) is 5.69. The van der Waals surface area contributed by atoms with Gasteiger partial charge in [0, 0.05) is 12.7 Å². The van der Waals surface area contributed by atoms with E-state index in [1.54, 1.807) is 31.2 Å². The number of methoxy groups -OCH3 is 1. The van der Waals surface area contributed by atoms with Gasteiger partial charge in [-0.25, -0.2) is 8.42 Å². The van der Waals surface area contributed by atoms with Crippen molar-refractivity contribution < 1.29 is 13.2 Å². The van der Waals surface area contributed by atoms with Crippen molar-refractivity contribution in [3.8, 4) is 5.75 Å². The van der Waals surface area contributed by atoms with Gasteiger partial charge in [-0.15, -0.1) is 0 Å². The normalized spacial score (nSPS) is 11.3. The molecule has 0 atom stereocenters. The van der Waals surface area contributed by atoms with Crippen LogP contribution in [0.2, 0.25) is 0 Å². The average molecular weight is 314 g/mol. The molecule has 0 aliphatic heterocycles. The minimum absolute atomic E-state index is 0.0285. The minimum Gasteiger partial charge on any atom is -0.497 e. The third-order valence-electron chi connectivity index (χ3n) is 2.81. The number of aromatic nitrogens is 1. The van der Waals surface area contributed by atoms with E-state index in [0.29, 0.717) is 28.5 Å². The van der Waals surface area contributed by atoms with Gasteiger partial charge in [0.05, 0.1) is 12.8 Å². The molecule has 0 saturated heterocycles. The van der Waals surface area contributed by atoms with Crippen LogP contribution in [0.3, 0.4) is 0 Å². The predicted octanol–water partition coefficient (Wildman–Crippen LogP) is 1.58. The zero-order valence-electron chi connectivity index (χ0n) is 11.2. The maximum Gasteiger partial charge on any atom is 0.306 e. The molecule has 1 N–H and O–H groups in total. The van der Waals surface area contributed by atoms with E-state index in [4.69, 9.17) is 4.74 Å². The van der Waals surface area contributed by atoms with Crippen LogP contribution in [0.5, 0.6) is 5.75 Å². The van der Waals surface area contributed by atoms with Crippen LogP contribution in [0.25, 0.3) is 0 Å². The second kappa shape index (κ2) is 5.29. The van der Waals surface area contributed by atoms with Crippen molar-refractivity contribution in [1.29, 1.82) is 0 Å². The van der Waals surface area contributed by atoms with E-state index >= 15 is 0 Å². The van der Waals surface area contributed by atoms with Gasteiger partial charge in [-0.3, -0.25) is 9.10 Å². The summed E-state index contributed by atoms with van der Waals surface area (Å²) in [6.07, 6.45) is 0. The number of ether oxygens (including phenoxy) is 1. The van der Waals surface area contributed by atoms with Gasteiger partial charge in [-0.2, -0.15) is 0 Å². The third kappa shape index (κ3) is 2.56. The van der Waals surface area contributed by atoms with E-state index in [9.17, 15) is 13.2 Å². The van der Waals surface area contributed by atoms with Gasteiger partial charge in [0.2, 0.25) is 0 Å². The van der Waals surface area contributed by atoms with Crippen LogP contribution in [0.15, 0.2) is 33.3 Å². The molecule has 1 heterocycles. The molecular weight excluding hydrogens is 300 g/mol. The molecule has 0 bridgehead atoms. The number of nitrogens with zero attached hydrogens (tertiary/aromatic N) is 1. The molecule has 108 valence electrons. The van der Waals surface area contributed by atoms with Crippen molar-refractivity contribution in [2.45, 2.75) is 11.1 Å². The first kappa shape index (κ1) is 14.6. The molecule has 0 fully saturated rings. The number of rotatable bonds is 4. The standard InChI is InChI=1S/C12H14N2O4S2/c1-8-11(19-12(15)13-8)20(16,17)14(2)9-4-6-10(18-3)7-5-9/h4-7H,1-3H3,(H,13,15). The molecule has 0 aliphatic carbocycles. The zero-order valence-corrected chi connectivity index (χ0v) is 12.8. The Morgan fingerprint density at radius 2 is 1.85 bits per heavy atom. The highest BCUT2D eigenvalue weighted by Gasteiger charge is 2.26. The molecule has 0 amide bonds.